The third-order valence-electron chi connectivity index (χ3n) is 1.46. The van der Waals surface area contributed by atoms with Gasteiger partial charge < -0.3 is 9.57 Å². The summed E-state index contributed by atoms with van der Waals surface area (Å²) in [4.78, 5) is 24.9. The van der Waals surface area contributed by atoms with E-state index in [9.17, 15) is 4.79 Å². The van der Waals surface area contributed by atoms with E-state index in [0.717, 1.165) is 0 Å². The Balaban J connectivity index is 2.40. The minimum absolute atomic E-state index is 0.0411. The first-order chi connectivity index (χ1) is 7.27. The first-order valence-electron chi connectivity index (χ1n) is 4.65. The highest BCUT2D eigenvalue weighted by Crippen LogP contribution is 2.05. The van der Waals surface area contributed by atoms with E-state index in [1.807, 2.05) is 6.92 Å². The molecular weight excluding hydrogens is 202 g/mol. The zero-order valence-electron chi connectivity index (χ0n) is 8.63. The van der Waals surface area contributed by atoms with Crippen molar-refractivity contribution >= 4 is 11.7 Å². The monoisotopic (exact) mass is 215 g/mol. The van der Waals surface area contributed by atoms with Gasteiger partial charge in [-0.1, -0.05) is 5.16 Å². The van der Waals surface area contributed by atoms with Gasteiger partial charge in [-0.15, -0.1) is 0 Å². The van der Waals surface area contributed by atoms with Crippen molar-refractivity contribution < 1.29 is 24.1 Å². The van der Waals surface area contributed by atoms with Gasteiger partial charge in [-0.25, -0.2) is 4.79 Å². The van der Waals surface area contributed by atoms with Gasteiger partial charge in [-0.05, 0) is 26.0 Å². The number of hydrogen-bond acceptors (Lipinski definition) is 6. The van der Waals surface area contributed by atoms with E-state index < -0.39 is 12.3 Å². The lowest BCUT2D eigenvalue weighted by Crippen LogP contribution is -2.23. The Morgan fingerprint density at radius 1 is 1.53 bits per heavy atom. The molecular formula is C9H13NO5. The molecule has 1 aliphatic rings. The molecule has 6 nitrogen and oxygen atoms in total. The molecule has 1 aliphatic heterocycles. The van der Waals surface area contributed by atoms with Gasteiger partial charge in [-0.2, -0.15) is 4.89 Å². The molecule has 0 aromatic carbocycles. The van der Waals surface area contributed by atoms with Crippen LogP contribution in [0, 0.1) is 0 Å². The van der Waals surface area contributed by atoms with E-state index in [1.165, 1.54) is 6.08 Å². The highest BCUT2D eigenvalue weighted by atomic mass is 17.2. The van der Waals surface area contributed by atoms with Gasteiger partial charge in [0.1, 0.15) is 0 Å². The third-order valence-corrected chi connectivity index (χ3v) is 1.46. The van der Waals surface area contributed by atoms with Crippen LogP contribution in [0.4, 0.5) is 0 Å². The molecule has 0 unspecified atom stereocenters. The average Bonchev–Trinajstić information content (AvgIpc) is 2.27. The minimum atomic E-state index is -0.692. The first kappa shape index (κ1) is 11.7. The summed E-state index contributed by atoms with van der Waals surface area (Å²) < 4.78 is 5.09. The Kier molecular flexibility index (Phi) is 4.79. The lowest BCUT2D eigenvalue weighted by molar-refractivity contribution is -0.262. The molecule has 0 amide bonds. The summed E-state index contributed by atoms with van der Waals surface area (Å²) in [7, 11) is 0. The van der Waals surface area contributed by atoms with Crippen molar-refractivity contribution in [1.29, 1.82) is 0 Å². The lowest BCUT2D eigenvalue weighted by atomic mass is 10.3. The second kappa shape index (κ2) is 6.15. The molecule has 0 saturated carbocycles. The largest absolute Gasteiger partial charge is 0.394 e. The highest BCUT2D eigenvalue weighted by Gasteiger charge is 2.18. The van der Waals surface area contributed by atoms with Crippen LogP contribution in [0.15, 0.2) is 17.3 Å². The third kappa shape index (κ3) is 3.69. The van der Waals surface area contributed by atoms with Crippen LogP contribution in [0.25, 0.3) is 0 Å². The lowest BCUT2D eigenvalue weighted by Gasteiger charge is -2.14. The van der Waals surface area contributed by atoms with Crippen LogP contribution in [0.1, 0.15) is 13.8 Å². The maximum Gasteiger partial charge on any atom is 0.394 e. The molecule has 15 heavy (non-hydrogen) atoms. The van der Waals surface area contributed by atoms with Crippen LogP contribution in [-0.2, 0) is 24.1 Å². The Morgan fingerprint density at radius 3 is 2.87 bits per heavy atom. The van der Waals surface area contributed by atoms with E-state index >= 15 is 0 Å². The predicted octanol–water partition coefficient (Wildman–Crippen LogP) is 0.786. The maximum atomic E-state index is 11.2. The number of carbonyl (C=O) groups excluding carboxylic acids is 1. The van der Waals surface area contributed by atoms with E-state index in [0.29, 0.717) is 6.61 Å². The Bertz CT molecular complexity index is 274. The van der Waals surface area contributed by atoms with Crippen molar-refractivity contribution in [3.8, 4) is 0 Å². The zero-order valence-corrected chi connectivity index (χ0v) is 8.63. The fourth-order valence-corrected chi connectivity index (χ4v) is 0.855. The number of hydrogen-bond donors (Lipinski definition) is 0. The number of ether oxygens (including phenoxy) is 1. The number of rotatable bonds is 5. The number of carbonyl (C=O) groups is 1. The van der Waals surface area contributed by atoms with Crippen molar-refractivity contribution in [3.05, 3.63) is 12.2 Å². The van der Waals surface area contributed by atoms with Gasteiger partial charge in [0, 0.05) is 6.61 Å². The van der Waals surface area contributed by atoms with E-state index in [-0.39, 0.29) is 12.3 Å². The van der Waals surface area contributed by atoms with Crippen LogP contribution in [-0.4, -0.2) is 31.2 Å². The molecule has 84 valence electrons. The summed E-state index contributed by atoms with van der Waals surface area (Å²) in [5.41, 5.74) is 0.0411. The Hall–Kier alpha value is -1.40. The zero-order chi connectivity index (χ0) is 11.1. The van der Waals surface area contributed by atoms with Crippen LogP contribution in [0.5, 0.6) is 0 Å². The van der Waals surface area contributed by atoms with Gasteiger partial charge >= 0.3 is 5.97 Å². The molecule has 0 bridgehead atoms. The van der Waals surface area contributed by atoms with Gasteiger partial charge in [0.25, 0.3) is 0 Å². The van der Waals surface area contributed by atoms with Crippen molar-refractivity contribution in [2.75, 3.05) is 13.2 Å². The van der Waals surface area contributed by atoms with Crippen molar-refractivity contribution in [2.24, 2.45) is 5.16 Å². The van der Waals surface area contributed by atoms with Crippen LogP contribution >= 0.6 is 0 Å². The summed E-state index contributed by atoms with van der Waals surface area (Å²) in [6, 6.07) is 0. The van der Waals surface area contributed by atoms with Gasteiger partial charge in [0.05, 0.1) is 6.61 Å². The average molecular weight is 215 g/mol. The van der Waals surface area contributed by atoms with Crippen molar-refractivity contribution in [3.63, 3.8) is 0 Å². The van der Waals surface area contributed by atoms with E-state index in [1.54, 1.807) is 13.0 Å². The predicted molar refractivity (Wildman–Crippen MR) is 50.8 cm³/mol. The van der Waals surface area contributed by atoms with Crippen LogP contribution in [0.3, 0.4) is 0 Å². The SMILES string of the molecule is CCOOC(=O)C1=NO[C@H](OCC)C=C1. The van der Waals surface area contributed by atoms with Gasteiger partial charge in [0.15, 0.2) is 5.71 Å². The number of oxime groups is 1. The topological polar surface area (TPSA) is 66.4 Å². The molecule has 0 N–H and O–H groups in total. The summed E-state index contributed by atoms with van der Waals surface area (Å²) in [5.74, 6) is -0.692. The van der Waals surface area contributed by atoms with Crippen LogP contribution in [0.2, 0.25) is 0 Å². The molecule has 0 saturated heterocycles. The molecule has 0 fully saturated rings. The maximum absolute atomic E-state index is 11.2. The molecule has 0 spiro atoms. The highest BCUT2D eigenvalue weighted by molar-refractivity contribution is 6.40. The summed E-state index contributed by atoms with van der Waals surface area (Å²) in [6.45, 7) is 4.32. The molecule has 0 aromatic rings. The standard InChI is InChI=1S/C9H13NO5/c1-3-12-8-6-5-7(10-14-8)9(11)15-13-4-2/h5-6,8H,3-4H2,1-2H3/t8-/m0/s1. The molecule has 6 heteroatoms. The molecule has 1 atom stereocenters. The first-order valence-corrected chi connectivity index (χ1v) is 4.65. The second-order valence-corrected chi connectivity index (χ2v) is 2.54. The smallest absolute Gasteiger partial charge is 0.358 e. The fraction of sp³-hybridized carbons (Fsp3) is 0.556. The van der Waals surface area contributed by atoms with Gasteiger partial charge in [0.2, 0.25) is 6.29 Å². The summed E-state index contributed by atoms with van der Waals surface area (Å²) in [5, 5.41) is 3.53. The van der Waals surface area contributed by atoms with E-state index in [2.05, 4.69) is 14.9 Å². The van der Waals surface area contributed by atoms with Crippen molar-refractivity contribution in [2.45, 2.75) is 20.1 Å². The molecule has 0 aromatic heterocycles. The molecule has 1 heterocycles. The number of nitrogens with zero attached hydrogens (tertiary/aromatic N) is 1. The minimum Gasteiger partial charge on any atom is -0.358 e. The fourth-order valence-electron chi connectivity index (χ4n) is 0.855. The normalized spacial score (nSPS) is 19.3. The van der Waals surface area contributed by atoms with E-state index in [4.69, 9.17) is 9.57 Å². The Labute approximate surface area is 87.4 Å². The van der Waals surface area contributed by atoms with Crippen LogP contribution < -0.4 is 0 Å². The molecule has 1 rings (SSSR count). The summed E-state index contributed by atoms with van der Waals surface area (Å²) in [6.07, 6.45) is 2.49. The van der Waals surface area contributed by atoms with Gasteiger partial charge in [-0.3, -0.25) is 4.89 Å². The van der Waals surface area contributed by atoms with Crippen molar-refractivity contribution in [1.82, 2.24) is 0 Å². The quantitative estimate of drug-likeness (QED) is 0.501. The molecule has 0 radical (unpaired) electrons. The second-order valence-electron chi connectivity index (χ2n) is 2.54. The Morgan fingerprint density at radius 2 is 2.33 bits per heavy atom. The molecule has 0 aliphatic carbocycles. The summed E-state index contributed by atoms with van der Waals surface area (Å²) >= 11 is 0.